The van der Waals surface area contributed by atoms with Crippen LogP contribution in [-0.4, -0.2) is 41.7 Å². The molecular formula is C31H34N4O2S. The lowest BCUT2D eigenvalue weighted by Gasteiger charge is -2.35. The highest BCUT2D eigenvalue weighted by Gasteiger charge is 2.28. The highest BCUT2D eigenvalue weighted by atomic mass is 32.1. The van der Waals surface area contributed by atoms with Crippen LogP contribution in [0.25, 0.3) is 11.3 Å². The first-order valence-corrected chi connectivity index (χ1v) is 14.0. The first-order valence-electron chi connectivity index (χ1n) is 13.2. The SMILES string of the molecule is Cc1sc(NC(=O)N(CCC(c2ccccc2)c2ccccc2)C2CCOCC2)nc1-c1ccc(N)cc1. The van der Waals surface area contributed by atoms with Crippen molar-refractivity contribution in [1.29, 1.82) is 0 Å². The lowest BCUT2D eigenvalue weighted by molar-refractivity contribution is 0.0475. The molecule has 3 N–H and O–H groups in total. The van der Waals surface area contributed by atoms with E-state index in [1.807, 2.05) is 48.2 Å². The molecule has 1 aliphatic rings. The molecule has 0 spiro atoms. The van der Waals surface area contributed by atoms with Gasteiger partial charge in [0.15, 0.2) is 5.13 Å². The number of nitrogen functional groups attached to an aromatic ring is 1. The van der Waals surface area contributed by atoms with Crippen molar-refractivity contribution in [1.82, 2.24) is 9.88 Å². The number of aryl methyl sites for hydroxylation is 1. The smallest absolute Gasteiger partial charge is 0.323 e. The molecular weight excluding hydrogens is 492 g/mol. The van der Waals surface area contributed by atoms with Crippen LogP contribution in [-0.2, 0) is 4.74 Å². The summed E-state index contributed by atoms with van der Waals surface area (Å²) in [5, 5.41) is 3.72. The zero-order chi connectivity index (χ0) is 26.3. The third-order valence-corrected chi connectivity index (χ3v) is 8.04. The van der Waals surface area contributed by atoms with Crippen molar-refractivity contribution in [3.8, 4) is 11.3 Å². The van der Waals surface area contributed by atoms with Gasteiger partial charge in [-0.2, -0.15) is 0 Å². The number of amides is 2. The fourth-order valence-corrected chi connectivity index (χ4v) is 5.96. The molecule has 0 bridgehead atoms. The van der Waals surface area contributed by atoms with E-state index in [0.717, 1.165) is 35.4 Å². The highest BCUT2D eigenvalue weighted by Crippen LogP contribution is 2.32. The average molecular weight is 527 g/mol. The number of hydrogen-bond donors (Lipinski definition) is 2. The number of anilines is 2. The molecule has 0 atom stereocenters. The maximum absolute atomic E-state index is 13.7. The van der Waals surface area contributed by atoms with Gasteiger partial charge in [-0.05, 0) is 49.4 Å². The Hall–Kier alpha value is -3.68. The Morgan fingerprint density at radius 3 is 2.21 bits per heavy atom. The van der Waals surface area contributed by atoms with Crippen molar-refractivity contribution in [3.05, 3.63) is 101 Å². The average Bonchev–Trinajstić information content (AvgIpc) is 3.32. The molecule has 2 heterocycles. The summed E-state index contributed by atoms with van der Waals surface area (Å²) in [4.78, 5) is 21.5. The lowest BCUT2D eigenvalue weighted by atomic mass is 9.88. The zero-order valence-electron chi connectivity index (χ0n) is 21.7. The molecule has 5 rings (SSSR count). The Morgan fingerprint density at radius 1 is 1.00 bits per heavy atom. The molecule has 0 aliphatic carbocycles. The Labute approximate surface area is 228 Å². The summed E-state index contributed by atoms with van der Waals surface area (Å²) in [7, 11) is 0. The third-order valence-electron chi connectivity index (χ3n) is 7.15. The van der Waals surface area contributed by atoms with Gasteiger partial charge in [-0.3, -0.25) is 5.32 Å². The molecule has 1 saturated heterocycles. The van der Waals surface area contributed by atoms with Gasteiger partial charge in [0.2, 0.25) is 0 Å². The summed E-state index contributed by atoms with van der Waals surface area (Å²) in [5.41, 5.74) is 10.9. The Balaban J connectivity index is 1.36. The number of nitrogens with one attached hydrogen (secondary N) is 1. The second-order valence-electron chi connectivity index (χ2n) is 9.68. The predicted octanol–water partition coefficient (Wildman–Crippen LogP) is 6.94. The second-order valence-corrected chi connectivity index (χ2v) is 10.9. The van der Waals surface area contributed by atoms with Crippen molar-refractivity contribution in [2.45, 2.75) is 38.1 Å². The molecule has 4 aromatic rings. The quantitative estimate of drug-likeness (QED) is 0.244. The zero-order valence-corrected chi connectivity index (χ0v) is 22.5. The van der Waals surface area contributed by atoms with Crippen LogP contribution in [0, 0.1) is 6.92 Å². The number of nitrogens with zero attached hydrogens (tertiary/aromatic N) is 2. The predicted molar refractivity (Wildman–Crippen MR) is 156 cm³/mol. The third kappa shape index (κ3) is 6.23. The van der Waals surface area contributed by atoms with Crippen molar-refractivity contribution in [2.75, 3.05) is 30.8 Å². The molecule has 2 amide bonds. The standard InChI is InChI=1S/C31H34N4O2S/c1-22-29(25-12-14-26(32)15-13-25)33-30(38-22)34-31(36)35(27-17-20-37-21-18-27)19-16-28(23-8-4-2-5-9-23)24-10-6-3-7-11-24/h2-15,27-28H,16-21,32H2,1H3,(H,33,34,36). The van der Waals surface area contributed by atoms with E-state index in [1.54, 1.807) is 0 Å². The number of rotatable bonds is 8. The Morgan fingerprint density at radius 2 is 1.61 bits per heavy atom. The summed E-state index contributed by atoms with van der Waals surface area (Å²) >= 11 is 1.50. The molecule has 38 heavy (non-hydrogen) atoms. The molecule has 196 valence electrons. The van der Waals surface area contributed by atoms with Gasteiger partial charge in [0.05, 0.1) is 5.69 Å². The van der Waals surface area contributed by atoms with E-state index in [-0.39, 0.29) is 18.0 Å². The van der Waals surface area contributed by atoms with Crippen LogP contribution in [0.1, 0.15) is 41.2 Å². The molecule has 0 unspecified atom stereocenters. The largest absolute Gasteiger partial charge is 0.399 e. The van der Waals surface area contributed by atoms with E-state index >= 15 is 0 Å². The van der Waals surface area contributed by atoms with E-state index in [1.165, 1.54) is 22.5 Å². The number of nitrogens with two attached hydrogens (primary N) is 1. The van der Waals surface area contributed by atoms with Crippen molar-refractivity contribution in [3.63, 3.8) is 0 Å². The van der Waals surface area contributed by atoms with Gasteiger partial charge >= 0.3 is 6.03 Å². The van der Waals surface area contributed by atoms with E-state index in [4.69, 9.17) is 15.5 Å². The minimum Gasteiger partial charge on any atom is -0.399 e. The minimum absolute atomic E-state index is 0.102. The molecule has 6 nitrogen and oxygen atoms in total. The normalized spacial score (nSPS) is 13.9. The van der Waals surface area contributed by atoms with E-state index in [2.05, 4.69) is 53.8 Å². The summed E-state index contributed by atoms with van der Waals surface area (Å²) < 4.78 is 5.61. The van der Waals surface area contributed by atoms with Gasteiger partial charge in [-0.1, -0.05) is 72.8 Å². The number of benzene rings is 3. The number of ether oxygens (including phenoxy) is 1. The van der Waals surface area contributed by atoms with Crippen LogP contribution in [0.15, 0.2) is 84.9 Å². The molecule has 1 aromatic heterocycles. The van der Waals surface area contributed by atoms with Crippen LogP contribution in [0.2, 0.25) is 0 Å². The number of aromatic nitrogens is 1. The van der Waals surface area contributed by atoms with Gasteiger partial charge in [0, 0.05) is 47.8 Å². The van der Waals surface area contributed by atoms with Crippen molar-refractivity contribution < 1.29 is 9.53 Å². The van der Waals surface area contributed by atoms with Crippen molar-refractivity contribution >= 4 is 28.2 Å². The fraction of sp³-hybridized carbons (Fsp3) is 0.290. The van der Waals surface area contributed by atoms with Gasteiger partial charge < -0.3 is 15.4 Å². The number of urea groups is 1. The van der Waals surface area contributed by atoms with Crippen LogP contribution in [0.3, 0.4) is 0 Å². The maximum atomic E-state index is 13.7. The summed E-state index contributed by atoms with van der Waals surface area (Å²) in [5.74, 6) is 0.201. The second kappa shape index (κ2) is 12.2. The molecule has 1 fully saturated rings. The van der Waals surface area contributed by atoms with Gasteiger partial charge in [-0.25, -0.2) is 9.78 Å². The Bertz CT molecular complexity index is 1280. The summed E-state index contributed by atoms with van der Waals surface area (Å²) in [6.45, 7) is 4.01. The van der Waals surface area contributed by atoms with Crippen LogP contribution >= 0.6 is 11.3 Å². The topological polar surface area (TPSA) is 80.5 Å². The van der Waals surface area contributed by atoms with Crippen LogP contribution in [0.5, 0.6) is 0 Å². The lowest BCUT2D eigenvalue weighted by Crippen LogP contribution is -2.46. The molecule has 0 saturated carbocycles. The fourth-order valence-electron chi connectivity index (χ4n) is 5.13. The monoisotopic (exact) mass is 526 g/mol. The maximum Gasteiger partial charge on any atom is 0.323 e. The number of carbonyl (C=O) groups is 1. The summed E-state index contributed by atoms with van der Waals surface area (Å²) in [6.07, 6.45) is 2.50. The highest BCUT2D eigenvalue weighted by molar-refractivity contribution is 7.16. The molecule has 3 aromatic carbocycles. The van der Waals surface area contributed by atoms with Crippen molar-refractivity contribution in [2.24, 2.45) is 0 Å². The Kier molecular flexibility index (Phi) is 8.36. The van der Waals surface area contributed by atoms with E-state index in [0.29, 0.717) is 30.6 Å². The minimum atomic E-state index is -0.102. The first kappa shape index (κ1) is 25.9. The first-order chi connectivity index (χ1) is 18.6. The van der Waals surface area contributed by atoms with E-state index in [9.17, 15) is 4.79 Å². The van der Waals surface area contributed by atoms with Gasteiger partial charge in [0.25, 0.3) is 0 Å². The van der Waals surface area contributed by atoms with Crippen LogP contribution < -0.4 is 11.1 Å². The van der Waals surface area contributed by atoms with Crippen LogP contribution in [0.4, 0.5) is 15.6 Å². The van der Waals surface area contributed by atoms with Gasteiger partial charge in [-0.15, -0.1) is 11.3 Å². The number of thiazole rings is 1. The number of hydrogen-bond acceptors (Lipinski definition) is 5. The molecule has 0 radical (unpaired) electrons. The molecule has 1 aliphatic heterocycles. The number of carbonyl (C=O) groups excluding carboxylic acids is 1. The van der Waals surface area contributed by atoms with Gasteiger partial charge in [0.1, 0.15) is 0 Å². The van der Waals surface area contributed by atoms with E-state index < -0.39 is 0 Å². The summed E-state index contributed by atoms with van der Waals surface area (Å²) in [6, 6.07) is 28.8. The molecule has 7 heteroatoms.